The summed E-state index contributed by atoms with van der Waals surface area (Å²) in [7, 11) is -3.48. The fourth-order valence-corrected chi connectivity index (χ4v) is 3.89. The van der Waals surface area contributed by atoms with E-state index >= 15 is 0 Å². The Morgan fingerprint density at radius 3 is 2.74 bits per heavy atom. The molecule has 5 heteroatoms. The quantitative estimate of drug-likeness (QED) is 0.922. The molecular weight excluding hydrogens is 262 g/mol. The fourth-order valence-electron chi connectivity index (χ4n) is 2.32. The summed E-state index contributed by atoms with van der Waals surface area (Å²) in [4.78, 5) is 0.327. The van der Waals surface area contributed by atoms with Gasteiger partial charge in [0.25, 0.3) is 0 Å². The van der Waals surface area contributed by atoms with Crippen molar-refractivity contribution in [2.45, 2.75) is 43.6 Å². The molecule has 0 radical (unpaired) electrons. The largest absolute Gasteiger partial charge is 0.392 e. The number of piperidine rings is 1. The van der Waals surface area contributed by atoms with Crippen molar-refractivity contribution >= 4 is 10.0 Å². The highest BCUT2D eigenvalue weighted by molar-refractivity contribution is 7.89. The number of rotatable bonds is 3. The topological polar surface area (TPSA) is 57.6 Å². The molecule has 1 aliphatic heterocycles. The lowest BCUT2D eigenvalue weighted by atomic mass is 10.0. The molecule has 0 aliphatic carbocycles. The molecule has 0 amide bonds. The Balaban J connectivity index is 2.31. The van der Waals surface area contributed by atoms with Gasteiger partial charge in [-0.05, 0) is 36.5 Å². The molecule has 1 atom stereocenters. The van der Waals surface area contributed by atoms with Crippen LogP contribution in [0.1, 0.15) is 38.2 Å². The van der Waals surface area contributed by atoms with Crippen LogP contribution in [0.15, 0.2) is 29.2 Å². The van der Waals surface area contributed by atoms with Gasteiger partial charge in [0.15, 0.2) is 0 Å². The van der Waals surface area contributed by atoms with E-state index in [1.54, 1.807) is 18.2 Å². The van der Waals surface area contributed by atoms with Crippen LogP contribution in [0.25, 0.3) is 0 Å². The average molecular weight is 283 g/mol. The number of benzene rings is 1. The Kier molecular flexibility index (Phi) is 4.28. The monoisotopic (exact) mass is 283 g/mol. The molecule has 1 saturated heterocycles. The van der Waals surface area contributed by atoms with E-state index in [0.717, 1.165) is 5.56 Å². The average Bonchev–Trinajstić information content (AvgIpc) is 2.39. The second kappa shape index (κ2) is 5.61. The number of aliphatic hydroxyl groups is 1. The van der Waals surface area contributed by atoms with Crippen LogP contribution < -0.4 is 0 Å². The molecule has 19 heavy (non-hydrogen) atoms. The predicted molar refractivity (Wildman–Crippen MR) is 74.5 cm³/mol. The van der Waals surface area contributed by atoms with Crippen LogP contribution in [-0.2, 0) is 10.0 Å². The molecule has 1 aliphatic rings. The molecular formula is C14H21NO3S. The van der Waals surface area contributed by atoms with Gasteiger partial charge in [-0.25, -0.2) is 8.42 Å². The molecule has 0 spiro atoms. The van der Waals surface area contributed by atoms with E-state index in [-0.39, 0.29) is 6.54 Å². The first kappa shape index (κ1) is 14.5. The Labute approximate surface area is 115 Å². The second-order valence-corrected chi connectivity index (χ2v) is 7.32. The van der Waals surface area contributed by atoms with Crippen LogP contribution in [0.3, 0.4) is 0 Å². The van der Waals surface area contributed by atoms with E-state index in [1.165, 1.54) is 4.31 Å². The highest BCUT2D eigenvalue weighted by Crippen LogP contribution is 2.23. The summed E-state index contributed by atoms with van der Waals surface area (Å²) in [6.45, 7) is 4.77. The molecule has 1 aromatic carbocycles. The zero-order valence-electron chi connectivity index (χ0n) is 11.4. The third kappa shape index (κ3) is 3.16. The van der Waals surface area contributed by atoms with Crippen molar-refractivity contribution < 1.29 is 13.5 Å². The van der Waals surface area contributed by atoms with Gasteiger partial charge in [0.05, 0.1) is 11.0 Å². The molecule has 1 N–H and O–H groups in total. The number of sulfonamides is 1. The van der Waals surface area contributed by atoms with Crippen LogP contribution in [0.5, 0.6) is 0 Å². The number of β-amino-alcohol motifs (C(OH)–C–C–N with tert-alkyl or cyclic N) is 1. The van der Waals surface area contributed by atoms with Gasteiger partial charge in [-0.15, -0.1) is 0 Å². The Hall–Kier alpha value is -0.910. The predicted octanol–water partition coefficient (Wildman–Crippen LogP) is 1.96. The normalized spacial score (nSPS) is 21.8. The molecule has 0 saturated carbocycles. The first-order valence-corrected chi connectivity index (χ1v) is 8.13. The van der Waals surface area contributed by atoms with Crippen molar-refractivity contribution in [1.82, 2.24) is 4.31 Å². The summed E-state index contributed by atoms with van der Waals surface area (Å²) in [6, 6.07) is 7.08. The first-order chi connectivity index (χ1) is 8.91. The molecule has 4 nitrogen and oxygen atoms in total. The van der Waals surface area contributed by atoms with Gasteiger partial charge in [0.1, 0.15) is 0 Å². The van der Waals surface area contributed by atoms with Gasteiger partial charge in [-0.3, -0.25) is 0 Å². The second-order valence-electron chi connectivity index (χ2n) is 5.39. The van der Waals surface area contributed by atoms with E-state index in [0.29, 0.717) is 30.2 Å². The van der Waals surface area contributed by atoms with Gasteiger partial charge >= 0.3 is 0 Å². The SMILES string of the molecule is CC(C)c1cccc(S(=O)(=O)N2CCC[C@@H](O)C2)c1. The zero-order valence-corrected chi connectivity index (χ0v) is 12.2. The van der Waals surface area contributed by atoms with Crippen LogP contribution in [0.4, 0.5) is 0 Å². The third-order valence-corrected chi connectivity index (χ3v) is 5.38. The molecule has 0 unspecified atom stereocenters. The lowest BCUT2D eigenvalue weighted by Gasteiger charge is -2.29. The summed E-state index contributed by atoms with van der Waals surface area (Å²) < 4.78 is 26.4. The molecule has 106 valence electrons. The van der Waals surface area contributed by atoms with Crippen LogP contribution >= 0.6 is 0 Å². The Morgan fingerprint density at radius 2 is 2.11 bits per heavy atom. The maximum absolute atomic E-state index is 12.5. The molecule has 1 heterocycles. The van der Waals surface area contributed by atoms with Crippen molar-refractivity contribution in [3.63, 3.8) is 0 Å². The van der Waals surface area contributed by atoms with Gasteiger partial charge in [0.2, 0.25) is 10.0 Å². The molecule has 0 bridgehead atoms. The summed E-state index contributed by atoms with van der Waals surface area (Å²) in [6.07, 6.45) is 0.847. The first-order valence-electron chi connectivity index (χ1n) is 6.69. The minimum atomic E-state index is -3.48. The van der Waals surface area contributed by atoms with Crippen molar-refractivity contribution in [1.29, 1.82) is 0 Å². The van der Waals surface area contributed by atoms with Gasteiger partial charge < -0.3 is 5.11 Å². The minimum Gasteiger partial charge on any atom is -0.392 e. The highest BCUT2D eigenvalue weighted by Gasteiger charge is 2.29. The molecule has 1 fully saturated rings. The van der Waals surface area contributed by atoms with E-state index in [2.05, 4.69) is 0 Å². The maximum atomic E-state index is 12.5. The summed E-state index contributed by atoms with van der Waals surface area (Å²) in [5, 5.41) is 9.63. The van der Waals surface area contributed by atoms with E-state index in [4.69, 9.17) is 0 Å². The number of hydrogen-bond donors (Lipinski definition) is 1. The van der Waals surface area contributed by atoms with E-state index in [1.807, 2.05) is 19.9 Å². The third-order valence-electron chi connectivity index (χ3n) is 3.52. The van der Waals surface area contributed by atoms with Crippen molar-refractivity contribution in [2.75, 3.05) is 13.1 Å². The number of hydrogen-bond acceptors (Lipinski definition) is 3. The summed E-state index contributed by atoms with van der Waals surface area (Å²) >= 11 is 0. The maximum Gasteiger partial charge on any atom is 0.243 e. The summed E-state index contributed by atoms with van der Waals surface area (Å²) in [5.74, 6) is 0.294. The van der Waals surface area contributed by atoms with Gasteiger partial charge in [-0.1, -0.05) is 26.0 Å². The van der Waals surface area contributed by atoms with Crippen LogP contribution in [0, 0.1) is 0 Å². The number of aliphatic hydroxyl groups excluding tert-OH is 1. The highest BCUT2D eigenvalue weighted by atomic mass is 32.2. The molecule has 0 aromatic heterocycles. The van der Waals surface area contributed by atoms with E-state index in [9.17, 15) is 13.5 Å². The van der Waals surface area contributed by atoms with Crippen molar-refractivity contribution in [2.24, 2.45) is 0 Å². The molecule has 2 rings (SSSR count). The van der Waals surface area contributed by atoms with Crippen molar-refractivity contribution in [3.05, 3.63) is 29.8 Å². The van der Waals surface area contributed by atoms with Gasteiger partial charge in [0, 0.05) is 13.1 Å². The fraction of sp³-hybridized carbons (Fsp3) is 0.571. The zero-order chi connectivity index (χ0) is 14.0. The lowest BCUT2D eigenvalue weighted by Crippen LogP contribution is -2.42. The smallest absolute Gasteiger partial charge is 0.243 e. The van der Waals surface area contributed by atoms with Crippen LogP contribution in [0.2, 0.25) is 0 Å². The lowest BCUT2D eigenvalue weighted by molar-refractivity contribution is 0.108. The Bertz CT molecular complexity index is 539. The Morgan fingerprint density at radius 1 is 1.37 bits per heavy atom. The minimum absolute atomic E-state index is 0.203. The standard InChI is InChI=1S/C14H21NO3S/c1-11(2)12-5-3-7-14(9-12)19(17,18)15-8-4-6-13(16)10-15/h3,5,7,9,11,13,16H,4,6,8,10H2,1-2H3/t13-/m1/s1. The number of nitrogens with zero attached hydrogens (tertiary/aromatic N) is 1. The van der Waals surface area contributed by atoms with Gasteiger partial charge in [-0.2, -0.15) is 4.31 Å². The summed E-state index contributed by atoms with van der Waals surface area (Å²) in [5.41, 5.74) is 1.01. The van der Waals surface area contributed by atoms with Crippen molar-refractivity contribution in [3.8, 4) is 0 Å². The molecule has 1 aromatic rings. The van der Waals surface area contributed by atoms with Crippen LogP contribution in [-0.4, -0.2) is 37.0 Å². The van der Waals surface area contributed by atoms with E-state index < -0.39 is 16.1 Å².